The number of nitrogens with one attached hydrogen (secondary N) is 3. The number of sulfonamides is 1. The van der Waals surface area contributed by atoms with E-state index in [1.807, 2.05) is 6.07 Å². The third kappa shape index (κ3) is 7.70. The summed E-state index contributed by atoms with van der Waals surface area (Å²) >= 11 is 0. The number of aliphatic imine (C=N–C) groups is 1. The van der Waals surface area contributed by atoms with Crippen molar-refractivity contribution in [3.05, 3.63) is 18.2 Å². The Labute approximate surface area is 178 Å². The van der Waals surface area contributed by atoms with Gasteiger partial charge in [-0.05, 0) is 30.9 Å². The smallest absolute Gasteiger partial charge is 0.213 e. The van der Waals surface area contributed by atoms with Gasteiger partial charge in [0.2, 0.25) is 10.0 Å². The number of rotatable bonds is 9. The predicted octanol–water partition coefficient (Wildman–Crippen LogP) is 2.03. The maximum atomic E-state index is 12.0. The Kier molecular flexibility index (Phi) is 10.2. The SMILES string of the molecule is CN=C(NCCS(=O)(=O)NCC1CCC1)Nc1ccc(OC)c(OC)c1.I. The summed E-state index contributed by atoms with van der Waals surface area (Å²) in [5.74, 6) is 2.19. The van der Waals surface area contributed by atoms with Crippen LogP contribution in [0.25, 0.3) is 0 Å². The highest BCUT2D eigenvalue weighted by Crippen LogP contribution is 2.29. The summed E-state index contributed by atoms with van der Waals surface area (Å²) in [4.78, 5) is 4.10. The van der Waals surface area contributed by atoms with Gasteiger partial charge in [0, 0.05) is 31.9 Å². The lowest BCUT2D eigenvalue weighted by molar-refractivity contribution is 0.316. The van der Waals surface area contributed by atoms with Crippen LogP contribution in [-0.2, 0) is 10.0 Å². The van der Waals surface area contributed by atoms with Gasteiger partial charge in [-0.1, -0.05) is 6.42 Å². The highest BCUT2D eigenvalue weighted by molar-refractivity contribution is 14.0. The predicted molar refractivity (Wildman–Crippen MR) is 119 cm³/mol. The molecule has 0 bridgehead atoms. The van der Waals surface area contributed by atoms with E-state index in [4.69, 9.17) is 9.47 Å². The number of hydrogen-bond donors (Lipinski definition) is 3. The molecule has 27 heavy (non-hydrogen) atoms. The van der Waals surface area contributed by atoms with Gasteiger partial charge in [-0.3, -0.25) is 4.99 Å². The zero-order valence-corrected chi connectivity index (χ0v) is 19.1. The van der Waals surface area contributed by atoms with Crippen molar-refractivity contribution in [3.63, 3.8) is 0 Å². The van der Waals surface area contributed by atoms with E-state index >= 15 is 0 Å². The Hall–Kier alpha value is -1.27. The molecule has 1 aliphatic rings. The van der Waals surface area contributed by atoms with Gasteiger partial charge in [-0.2, -0.15) is 0 Å². The molecule has 8 nitrogen and oxygen atoms in total. The molecule has 1 aromatic carbocycles. The van der Waals surface area contributed by atoms with Crippen LogP contribution in [0.2, 0.25) is 0 Å². The van der Waals surface area contributed by atoms with Crippen molar-refractivity contribution < 1.29 is 17.9 Å². The second-order valence-corrected chi connectivity index (χ2v) is 8.08. The van der Waals surface area contributed by atoms with Gasteiger partial charge in [0.25, 0.3) is 0 Å². The van der Waals surface area contributed by atoms with Crippen LogP contribution in [0.5, 0.6) is 11.5 Å². The Bertz CT molecular complexity index is 724. The molecule has 1 aliphatic carbocycles. The first-order valence-corrected chi connectivity index (χ1v) is 10.3. The van der Waals surface area contributed by atoms with Crippen molar-refractivity contribution >= 4 is 45.6 Å². The molecule has 0 atom stereocenters. The van der Waals surface area contributed by atoms with Gasteiger partial charge >= 0.3 is 0 Å². The fourth-order valence-corrected chi connectivity index (χ4v) is 3.55. The summed E-state index contributed by atoms with van der Waals surface area (Å²) in [6.45, 7) is 0.800. The number of nitrogens with zero attached hydrogens (tertiary/aromatic N) is 1. The molecule has 1 saturated carbocycles. The van der Waals surface area contributed by atoms with E-state index in [1.165, 1.54) is 6.42 Å². The first-order valence-electron chi connectivity index (χ1n) is 8.64. The van der Waals surface area contributed by atoms with Crippen molar-refractivity contribution in [2.45, 2.75) is 19.3 Å². The normalized spacial score (nSPS) is 14.7. The maximum absolute atomic E-state index is 12.0. The number of guanidine groups is 1. The number of ether oxygens (including phenoxy) is 2. The van der Waals surface area contributed by atoms with Gasteiger partial charge < -0.3 is 20.1 Å². The minimum Gasteiger partial charge on any atom is -0.493 e. The highest BCUT2D eigenvalue weighted by Gasteiger charge is 2.20. The Balaban J connectivity index is 0.00000364. The lowest BCUT2D eigenvalue weighted by Crippen LogP contribution is -2.39. The van der Waals surface area contributed by atoms with Gasteiger partial charge in [0.1, 0.15) is 0 Å². The first kappa shape index (κ1) is 23.8. The van der Waals surface area contributed by atoms with E-state index in [1.54, 1.807) is 33.4 Å². The van der Waals surface area contributed by atoms with Crippen molar-refractivity contribution in [2.24, 2.45) is 10.9 Å². The number of anilines is 1. The monoisotopic (exact) mass is 512 g/mol. The molecule has 1 fully saturated rings. The lowest BCUT2D eigenvalue weighted by atomic mass is 9.86. The fourth-order valence-electron chi connectivity index (χ4n) is 2.55. The molecular weight excluding hydrogens is 483 g/mol. The first-order chi connectivity index (χ1) is 12.5. The number of halogens is 1. The van der Waals surface area contributed by atoms with E-state index in [-0.39, 0.29) is 36.3 Å². The van der Waals surface area contributed by atoms with Crippen LogP contribution < -0.4 is 24.8 Å². The maximum Gasteiger partial charge on any atom is 0.213 e. The lowest BCUT2D eigenvalue weighted by Gasteiger charge is -2.25. The van der Waals surface area contributed by atoms with Crippen LogP contribution in [0.1, 0.15) is 19.3 Å². The summed E-state index contributed by atoms with van der Waals surface area (Å²) in [7, 11) is 1.48. The van der Waals surface area contributed by atoms with E-state index in [9.17, 15) is 8.42 Å². The molecular formula is C17H29IN4O4S. The fraction of sp³-hybridized carbons (Fsp3) is 0.588. The summed E-state index contributed by atoms with van der Waals surface area (Å²) in [6.07, 6.45) is 3.43. The summed E-state index contributed by atoms with van der Waals surface area (Å²) in [5.41, 5.74) is 0.752. The number of methoxy groups -OCH3 is 2. The molecule has 3 N–H and O–H groups in total. The zero-order valence-electron chi connectivity index (χ0n) is 15.9. The average molecular weight is 512 g/mol. The number of benzene rings is 1. The third-order valence-corrected chi connectivity index (χ3v) is 5.70. The van der Waals surface area contributed by atoms with Crippen molar-refractivity contribution in [1.82, 2.24) is 10.0 Å². The molecule has 0 aliphatic heterocycles. The standard InChI is InChI=1S/C17H28N4O4S.HI/c1-18-17(21-14-7-8-15(24-2)16(11-14)25-3)19-9-10-26(22,23)20-12-13-5-4-6-13;/h7-8,11,13,20H,4-6,9-10,12H2,1-3H3,(H2,18,19,21);1H. The van der Waals surface area contributed by atoms with Crippen molar-refractivity contribution in [3.8, 4) is 11.5 Å². The van der Waals surface area contributed by atoms with E-state index in [0.29, 0.717) is 29.9 Å². The highest BCUT2D eigenvalue weighted by atomic mass is 127. The molecule has 0 heterocycles. The van der Waals surface area contributed by atoms with Crippen LogP contribution in [-0.4, -0.2) is 54.5 Å². The summed E-state index contributed by atoms with van der Waals surface area (Å²) in [6, 6.07) is 5.39. The van der Waals surface area contributed by atoms with Crippen LogP contribution in [0.15, 0.2) is 23.2 Å². The molecule has 0 spiro atoms. The minimum atomic E-state index is -3.28. The van der Waals surface area contributed by atoms with E-state index < -0.39 is 10.0 Å². The molecule has 1 aromatic rings. The Morgan fingerprint density at radius 1 is 1.22 bits per heavy atom. The van der Waals surface area contributed by atoms with E-state index in [2.05, 4.69) is 20.3 Å². The molecule has 0 amide bonds. The van der Waals surface area contributed by atoms with Gasteiger partial charge in [0.05, 0.1) is 20.0 Å². The second-order valence-electron chi connectivity index (χ2n) is 6.16. The summed E-state index contributed by atoms with van der Waals surface area (Å²) < 4.78 is 37.2. The van der Waals surface area contributed by atoms with Crippen LogP contribution in [0, 0.1) is 5.92 Å². The minimum absolute atomic E-state index is 0. The van der Waals surface area contributed by atoms with Crippen molar-refractivity contribution in [2.75, 3.05) is 45.4 Å². The molecule has 154 valence electrons. The van der Waals surface area contributed by atoms with E-state index in [0.717, 1.165) is 18.5 Å². The largest absolute Gasteiger partial charge is 0.493 e. The second kappa shape index (κ2) is 11.5. The molecule has 0 radical (unpaired) electrons. The third-order valence-electron chi connectivity index (χ3n) is 4.35. The van der Waals surface area contributed by atoms with Gasteiger partial charge in [-0.25, -0.2) is 13.1 Å². The van der Waals surface area contributed by atoms with Gasteiger partial charge in [0.15, 0.2) is 17.5 Å². The molecule has 10 heteroatoms. The summed E-state index contributed by atoms with van der Waals surface area (Å²) in [5, 5.41) is 6.10. The zero-order chi connectivity index (χ0) is 19.0. The Morgan fingerprint density at radius 3 is 2.48 bits per heavy atom. The molecule has 0 unspecified atom stereocenters. The Morgan fingerprint density at radius 2 is 1.93 bits per heavy atom. The van der Waals surface area contributed by atoms with Crippen LogP contribution in [0.3, 0.4) is 0 Å². The van der Waals surface area contributed by atoms with Crippen molar-refractivity contribution in [1.29, 1.82) is 0 Å². The topological polar surface area (TPSA) is 101 Å². The number of hydrogen-bond acceptors (Lipinski definition) is 5. The van der Waals surface area contributed by atoms with Crippen LogP contribution in [0.4, 0.5) is 5.69 Å². The molecule has 2 rings (SSSR count). The van der Waals surface area contributed by atoms with Crippen LogP contribution >= 0.6 is 24.0 Å². The van der Waals surface area contributed by atoms with Gasteiger partial charge in [-0.15, -0.1) is 24.0 Å². The average Bonchev–Trinajstić information content (AvgIpc) is 2.59. The molecule has 0 saturated heterocycles. The molecule has 0 aromatic heterocycles. The quantitative estimate of drug-likeness (QED) is 0.266.